The molecule has 0 unspecified atom stereocenters. The molecule has 1 amide bonds. The van der Waals surface area contributed by atoms with Crippen molar-refractivity contribution in [3.8, 4) is 0 Å². The number of nitrogens with one attached hydrogen (secondary N) is 2. The van der Waals surface area contributed by atoms with Crippen molar-refractivity contribution in [2.75, 3.05) is 37.8 Å². The van der Waals surface area contributed by atoms with Gasteiger partial charge in [-0.2, -0.15) is 0 Å². The summed E-state index contributed by atoms with van der Waals surface area (Å²) in [5, 5.41) is 6.23. The second-order valence-corrected chi connectivity index (χ2v) is 6.10. The first-order valence-corrected chi connectivity index (χ1v) is 7.90. The average molecular weight is 362 g/mol. The first kappa shape index (κ1) is 16.5. The van der Waals surface area contributed by atoms with Crippen molar-refractivity contribution in [2.24, 2.45) is 0 Å². The number of hydrogen-bond donors (Lipinski definition) is 2. The van der Waals surface area contributed by atoms with Gasteiger partial charge in [0.25, 0.3) is 5.91 Å². The lowest BCUT2D eigenvalue weighted by Crippen LogP contribution is -2.20. The lowest BCUT2D eigenvalue weighted by molar-refractivity contribution is 0.102. The molecule has 0 bridgehead atoms. The molecule has 2 aromatic rings. The predicted molar refractivity (Wildman–Crippen MR) is 95.6 cm³/mol. The van der Waals surface area contributed by atoms with E-state index in [1.165, 1.54) is 0 Å². The number of anilines is 2. The summed E-state index contributed by atoms with van der Waals surface area (Å²) >= 11 is 3.39. The Balaban J connectivity index is 1.94. The highest BCUT2D eigenvalue weighted by molar-refractivity contribution is 9.10. The molecule has 0 saturated heterocycles. The molecule has 0 radical (unpaired) electrons. The molecule has 0 aliphatic carbocycles. The number of halogens is 1. The maximum absolute atomic E-state index is 12.2. The van der Waals surface area contributed by atoms with Crippen LogP contribution >= 0.6 is 15.9 Å². The zero-order chi connectivity index (χ0) is 15.9. The Morgan fingerprint density at radius 2 is 1.68 bits per heavy atom. The Kier molecular flexibility index (Phi) is 5.98. The Morgan fingerprint density at radius 3 is 2.32 bits per heavy atom. The minimum Gasteiger partial charge on any atom is -0.384 e. The number of carbonyl (C=O) groups is 1. The summed E-state index contributed by atoms with van der Waals surface area (Å²) in [5.74, 6) is -0.124. The molecule has 4 nitrogen and oxygen atoms in total. The van der Waals surface area contributed by atoms with E-state index in [1.807, 2.05) is 56.6 Å². The van der Waals surface area contributed by atoms with E-state index in [0.717, 1.165) is 28.9 Å². The Morgan fingerprint density at radius 1 is 1.05 bits per heavy atom. The molecule has 2 rings (SSSR count). The maximum Gasteiger partial charge on any atom is 0.256 e. The molecule has 0 spiro atoms. The third-order valence-corrected chi connectivity index (χ3v) is 3.84. The van der Waals surface area contributed by atoms with Crippen molar-refractivity contribution in [2.45, 2.75) is 0 Å². The largest absolute Gasteiger partial charge is 0.384 e. The van der Waals surface area contributed by atoms with Gasteiger partial charge in [-0.25, -0.2) is 0 Å². The van der Waals surface area contributed by atoms with Gasteiger partial charge >= 0.3 is 0 Å². The van der Waals surface area contributed by atoms with Gasteiger partial charge in [-0.3, -0.25) is 4.79 Å². The van der Waals surface area contributed by atoms with Crippen LogP contribution in [0, 0.1) is 0 Å². The van der Waals surface area contributed by atoms with Crippen LogP contribution in [0.3, 0.4) is 0 Å². The third kappa shape index (κ3) is 4.86. The lowest BCUT2D eigenvalue weighted by Gasteiger charge is -2.12. The quantitative estimate of drug-likeness (QED) is 0.824. The summed E-state index contributed by atoms with van der Waals surface area (Å²) < 4.78 is 0.787. The van der Waals surface area contributed by atoms with E-state index in [0.29, 0.717) is 5.56 Å². The molecular weight excluding hydrogens is 342 g/mol. The summed E-state index contributed by atoms with van der Waals surface area (Å²) in [6.45, 7) is 1.86. The van der Waals surface area contributed by atoms with Gasteiger partial charge in [0.1, 0.15) is 0 Å². The van der Waals surface area contributed by atoms with Crippen LogP contribution in [0.5, 0.6) is 0 Å². The molecule has 5 heteroatoms. The summed E-state index contributed by atoms with van der Waals surface area (Å²) in [7, 11) is 4.09. The normalized spacial score (nSPS) is 10.5. The van der Waals surface area contributed by atoms with Crippen LogP contribution in [-0.2, 0) is 0 Å². The van der Waals surface area contributed by atoms with Gasteiger partial charge in [0.2, 0.25) is 0 Å². The summed E-state index contributed by atoms with van der Waals surface area (Å²) in [6.07, 6.45) is 0. The summed E-state index contributed by atoms with van der Waals surface area (Å²) in [4.78, 5) is 14.3. The van der Waals surface area contributed by atoms with Gasteiger partial charge in [-0.1, -0.05) is 12.1 Å². The van der Waals surface area contributed by atoms with Gasteiger partial charge in [-0.05, 0) is 66.4 Å². The molecule has 0 fully saturated rings. The number of rotatable bonds is 6. The van der Waals surface area contributed by atoms with Crippen LogP contribution in [0.25, 0.3) is 0 Å². The Bertz CT molecular complexity index is 626. The second kappa shape index (κ2) is 7.96. The van der Waals surface area contributed by atoms with Gasteiger partial charge in [0.05, 0.1) is 5.56 Å². The van der Waals surface area contributed by atoms with Crippen LogP contribution in [-0.4, -0.2) is 38.0 Å². The fourth-order valence-corrected chi connectivity index (χ4v) is 2.40. The van der Waals surface area contributed by atoms with Crippen LogP contribution in [0.15, 0.2) is 53.0 Å². The molecule has 2 aromatic carbocycles. The van der Waals surface area contributed by atoms with Crippen LogP contribution < -0.4 is 10.6 Å². The first-order chi connectivity index (χ1) is 10.6. The van der Waals surface area contributed by atoms with Crippen molar-refractivity contribution in [3.05, 3.63) is 58.6 Å². The highest BCUT2D eigenvalue weighted by Crippen LogP contribution is 2.19. The van der Waals surface area contributed by atoms with Gasteiger partial charge in [-0.15, -0.1) is 0 Å². The molecule has 116 valence electrons. The maximum atomic E-state index is 12.2. The monoisotopic (exact) mass is 361 g/mol. The summed E-state index contributed by atoms with van der Waals surface area (Å²) in [5.41, 5.74) is 2.44. The summed E-state index contributed by atoms with van der Waals surface area (Å²) in [6, 6.07) is 15.1. The van der Waals surface area contributed by atoms with Crippen LogP contribution in [0.4, 0.5) is 11.4 Å². The van der Waals surface area contributed by atoms with E-state index in [4.69, 9.17) is 0 Å². The molecular formula is C17H20BrN3O. The zero-order valence-electron chi connectivity index (χ0n) is 12.8. The molecule has 2 N–H and O–H groups in total. The van der Waals surface area contributed by atoms with Crippen LogP contribution in [0.2, 0.25) is 0 Å². The number of benzene rings is 2. The standard InChI is InChI=1S/C17H20BrN3O/c1-21(2)12-11-19-13-7-9-14(10-8-13)20-17(22)15-5-3-4-6-16(15)18/h3-10,19H,11-12H2,1-2H3,(H,20,22). The van der Waals surface area contributed by atoms with E-state index >= 15 is 0 Å². The van der Waals surface area contributed by atoms with Crippen molar-refractivity contribution < 1.29 is 4.79 Å². The van der Waals surface area contributed by atoms with E-state index < -0.39 is 0 Å². The number of likely N-dealkylation sites (N-methyl/N-ethyl adjacent to an activating group) is 1. The van der Waals surface area contributed by atoms with Crippen molar-refractivity contribution in [1.82, 2.24) is 4.90 Å². The number of hydrogen-bond acceptors (Lipinski definition) is 3. The van der Waals surface area contributed by atoms with Gasteiger partial charge < -0.3 is 15.5 Å². The van der Waals surface area contributed by atoms with E-state index in [-0.39, 0.29) is 5.91 Å². The average Bonchev–Trinajstić information content (AvgIpc) is 2.49. The smallest absolute Gasteiger partial charge is 0.256 e. The topological polar surface area (TPSA) is 44.4 Å². The third-order valence-electron chi connectivity index (χ3n) is 3.15. The van der Waals surface area contributed by atoms with Crippen molar-refractivity contribution in [1.29, 1.82) is 0 Å². The van der Waals surface area contributed by atoms with E-state index in [1.54, 1.807) is 6.07 Å². The molecule has 0 aliphatic heterocycles. The fourth-order valence-electron chi connectivity index (χ4n) is 1.94. The molecule has 0 heterocycles. The van der Waals surface area contributed by atoms with E-state index in [9.17, 15) is 4.79 Å². The van der Waals surface area contributed by atoms with Gasteiger partial charge in [0, 0.05) is 28.9 Å². The zero-order valence-corrected chi connectivity index (χ0v) is 14.4. The predicted octanol–water partition coefficient (Wildman–Crippen LogP) is 3.67. The highest BCUT2D eigenvalue weighted by atomic mass is 79.9. The minimum absolute atomic E-state index is 0.124. The molecule has 0 aliphatic rings. The molecule has 0 atom stereocenters. The van der Waals surface area contributed by atoms with Crippen molar-refractivity contribution >= 4 is 33.2 Å². The fraction of sp³-hybridized carbons (Fsp3) is 0.235. The Labute approximate surface area is 139 Å². The number of nitrogens with zero attached hydrogens (tertiary/aromatic N) is 1. The minimum atomic E-state index is -0.124. The SMILES string of the molecule is CN(C)CCNc1ccc(NC(=O)c2ccccc2Br)cc1. The Hall–Kier alpha value is -1.85. The van der Waals surface area contributed by atoms with Gasteiger partial charge in [0.15, 0.2) is 0 Å². The van der Waals surface area contributed by atoms with Crippen molar-refractivity contribution in [3.63, 3.8) is 0 Å². The molecule has 0 aromatic heterocycles. The van der Waals surface area contributed by atoms with Crippen LogP contribution in [0.1, 0.15) is 10.4 Å². The first-order valence-electron chi connectivity index (χ1n) is 7.11. The highest BCUT2D eigenvalue weighted by Gasteiger charge is 2.09. The number of amides is 1. The second-order valence-electron chi connectivity index (χ2n) is 5.24. The lowest BCUT2D eigenvalue weighted by atomic mass is 10.2. The molecule has 0 saturated carbocycles. The van der Waals surface area contributed by atoms with E-state index in [2.05, 4.69) is 31.5 Å². The molecule has 22 heavy (non-hydrogen) atoms. The number of carbonyl (C=O) groups excluding carboxylic acids is 1.